The smallest absolute Gasteiger partial charge is 0.256 e. The van der Waals surface area contributed by atoms with Crippen molar-refractivity contribution in [3.05, 3.63) is 59.7 Å². The molecule has 2 amide bonds. The molecule has 1 aliphatic rings. The maximum absolute atomic E-state index is 12.7. The first-order valence-electron chi connectivity index (χ1n) is 9.04. The number of hydrogen-bond acceptors (Lipinski definition) is 6. The molecular formula is C21H21N3O5. The average Bonchev–Trinajstić information content (AvgIpc) is 2.75. The van der Waals surface area contributed by atoms with Crippen LogP contribution in [-0.2, 0) is 20.9 Å². The van der Waals surface area contributed by atoms with E-state index in [1.54, 1.807) is 48.4 Å². The fourth-order valence-corrected chi connectivity index (χ4v) is 2.97. The van der Waals surface area contributed by atoms with E-state index in [1.165, 1.54) is 0 Å². The lowest BCUT2D eigenvalue weighted by molar-refractivity contribution is -0.166. The molecule has 0 aliphatic carbocycles. The molecule has 2 aromatic carbocycles. The Kier molecular flexibility index (Phi) is 6.44. The fourth-order valence-electron chi connectivity index (χ4n) is 2.97. The molecule has 0 spiro atoms. The second-order valence-corrected chi connectivity index (χ2v) is 6.52. The van der Waals surface area contributed by atoms with Gasteiger partial charge in [0.25, 0.3) is 11.8 Å². The number of morpholine rings is 1. The highest BCUT2D eigenvalue weighted by atomic mass is 16.5. The lowest BCUT2D eigenvalue weighted by Crippen LogP contribution is -2.54. The van der Waals surface area contributed by atoms with E-state index in [-0.39, 0.29) is 6.61 Å². The van der Waals surface area contributed by atoms with Gasteiger partial charge < -0.3 is 24.8 Å². The Bertz CT molecular complexity index is 905. The molecule has 0 saturated carbocycles. The van der Waals surface area contributed by atoms with Crippen LogP contribution in [0.15, 0.2) is 48.5 Å². The second-order valence-electron chi connectivity index (χ2n) is 6.52. The van der Waals surface area contributed by atoms with Crippen LogP contribution in [-0.4, -0.2) is 54.3 Å². The first-order valence-corrected chi connectivity index (χ1v) is 9.04. The highest BCUT2D eigenvalue weighted by Crippen LogP contribution is 2.18. The number of carbonyl (C=O) groups is 2. The Labute approximate surface area is 168 Å². The SMILES string of the molecule is COc1ccc(CN2CCOC(C(O)C(=O)Nc3ccc(C#N)cc3)C2=O)cc1. The minimum atomic E-state index is -1.66. The van der Waals surface area contributed by atoms with Crippen LogP contribution in [0.1, 0.15) is 11.1 Å². The van der Waals surface area contributed by atoms with Crippen molar-refractivity contribution in [3.63, 3.8) is 0 Å². The highest BCUT2D eigenvalue weighted by molar-refractivity contribution is 5.98. The highest BCUT2D eigenvalue weighted by Gasteiger charge is 2.38. The number of aliphatic hydroxyl groups excluding tert-OH is 1. The van der Waals surface area contributed by atoms with Gasteiger partial charge in [-0.3, -0.25) is 9.59 Å². The van der Waals surface area contributed by atoms with Gasteiger partial charge in [-0.25, -0.2) is 0 Å². The maximum atomic E-state index is 12.7. The standard InChI is InChI=1S/C21H21N3O5/c1-28-17-8-4-15(5-9-17)13-24-10-11-29-19(21(24)27)18(25)20(26)23-16-6-2-14(12-22)3-7-16/h2-9,18-19,25H,10-11,13H2,1H3,(H,23,26). The van der Waals surface area contributed by atoms with Crippen LogP contribution in [0.3, 0.4) is 0 Å². The van der Waals surface area contributed by atoms with Crippen molar-refractivity contribution in [2.45, 2.75) is 18.8 Å². The summed E-state index contributed by atoms with van der Waals surface area (Å²) in [5.41, 5.74) is 1.76. The van der Waals surface area contributed by atoms with Crippen LogP contribution < -0.4 is 10.1 Å². The van der Waals surface area contributed by atoms with E-state index >= 15 is 0 Å². The van der Waals surface area contributed by atoms with Gasteiger partial charge in [0, 0.05) is 18.8 Å². The molecule has 1 saturated heterocycles. The predicted molar refractivity (Wildman–Crippen MR) is 104 cm³/mol. The first-order chi connectivity index (χ1) is 14.0. The third-order valence-corrected chi connectivity index (χ3v) is 4.58. The van der Waals surface area contributed by atoms with Gasteiger partial charge >= 0.3 is 0 Å². The van der Waals surface area contributed by atoms with E-state index in [1.807, 2.05) is 18.2 Å². The molecule has 8 heteroatoms. The summed E-state index contributed by atoms with van der Waals surface area (Å²) in [6.07, 6.45) is -2.93. The molecule has 2 aromatic rings. The monoisotopic (exact) mass is 395 g/mol. The Hall–Kier alpha value is -3.41. The summed E-state index contributed by atoms with van der Waals surface area (Å²) in [5, 5.41) is 21.7. The molecule has 2 N–H and O–H groups in total. The number of amides is 2. The lowest BCUT2D eigenvalue weighted by Gasteiger charge is -2.34. The van der Waals surface area contributed by atoms with Crippen molar-refractivity contribution in [2.75, 3.05) is 25.6 Å². The van der Waals surface area contributed by atoms with E-state index in [2.05, 4.69) is 5.32 Å². The minimum absolute atomic E-state index is 0.216. The lowest BCUT2D eigenvalue weighted by atomic mass is 10.1. The van der Waals surface area contributed by atoms with Gasteiger partial charge in [0.2, 0.25) is 0 Å². The zero-order valence-electron chi connectivity index (χ0n) is 15.9. The average molecular weight is 395 g/mol. The van der Waals surface area contributed by atoms with Crippen LogP contribution in [0, 0.1) is 11.3 Å². The van der Waals surface area contributed by atoms with Crippen molar-refractivity contribution < 1.29 is 24.2 Å². The van der Waals surface area contributed by atoms with Crippen LogP contribution >= 0.6 is 0 Å². The van der Waals surface area contributed by atoms with Gasteiger partial charge in [0.05, 0.1) is 25.3 Å². The van der Waals surface area contributed by atoms with Gasteiger partial charge in [-0.05, 0) is 42.0 Å². The Morgan fingerprint density at radius 1 is 1.31 bits per heavy atom. The molecule has 1 heterocycles. The third-order valence-electron chi connectivity index (χ3n) is 4.58. The van der Waals surface area contributed by atoms with Crippen molar-refractivity contribution in [1.82, 2.24) is 4.90 Å². The normalized spacial score (nSPS) is 17.3. The summed E-state index contributed by atoms with van der Waals surface area (Å²) >= 11 is 0. The Morgan fingerprint density at radius 2 is 2.00 bits per heavy atom. The summed E-state index contributed by atoms with van der Waals surface area (Å²) < 4.78 is 10.5. The molecule has 8 nitrogen and oxygen atoms in total. The van der Waals surface area contributed by atoms with Gasteiger partial charge in [0.15, 0.2) is 12.2 Å². The number of nitriles is 1. The predicted octanol–water partition coefficient (Wildman–Crippen LogP) is 1.29. The van der Waals surface area contributed by atoms with Gasteiger partial charge in [0.1, 0.15) is 5.75 Å². The zero-order valence-corrected chi connectivity index (χ0v) is 15.9. The van der Waals surface area contributed by atoms with Crippen LogP contribution in [0.2, 0.25) is 0 Å². The van der Waals surface area contributed by atoms with E-state index < -0.39 is 24.0 Å². The first kappa shape index (κ1) is 20.3. The number of methoxy groups -OCH3 is 1. The van der Waals surface area contributed by atoms with Crippen molar-refractivity contribution in [3.8, 4) is 11.8 Å². The summed E-state index contributed by atoms with van der Waals surface area (Å²) in [5.74, 6) is -0.483. The minimum Gasteiger partial charge on any atom is -0.497 e. The Balaban J connectivity index is 1.63. The molecule has 1 fully saturated rings. The second kappa shape index (κ2) is 9.19. The number of carbonyl (C=O) groups excluding carboxylic acids is 2. The van der Waals surface area contributed by atoms with Gasteiger partial charge in [-0.2, -0.15) is 5.26 Å². The molecule has 2 atom stereocenters. The third kappa shape index (κ3) is 4.90. The molecule has 3 rings (SSSR count). The fraction of sp³-hybridized carbons (Fsp3) is 0.286. The van der Waals surface area contributed by atoms with E-state index in [9.17, 15) is 14.7 Å². The van der Waals surface area contributed by atoms with Crippen LogP contribution in [0.4, 0.5) is 5.69 Å². The molecular weight excluding hydrogens is 374 g/mol. The quantitative estimate of drug-likeness (QED) is 0.762. The largest absolute Gasteiger partial charge is 0.497 e. The molecule has 0 aromatic heterocycles. The number of benzene rings is 2. The van der Waals surface area contributed by atoms with E-state index in [4.69, 9.17) is 14.7 Å². The number of ether oxygens (including phenoxy) is 2. The number of rotatable bonds is 6. The van der Waals surface area contributed by atoms with E-state index in [0.29, 0.717) is 24.3 Å². The van der Waals surface area contributed by atoms with E-state index in [0.717, 1.165) is 11.3 Å². The van der Waals surface area contributed by atoms with Gasteiger partial charge in [-0.1, -0.05) is 12.1 Å². The molecule has 0 radical (unpaired) electrons. The summed E-state index contributed by atoms with van der Waals surface area (Å²) in [4.78, 5) is 26.6. The van der Waals surface area contributed by atoms with Gasteiger partial charge in [-0.15, -0.1) is 0 Å². The van der Waals surface area contributed by atoms with Crippen LogP contribution in [0.5, 0.6) is 5.75 Å². The number of nitrogens with zero attached hydrogens (tertiary/aromatic N) is 2. The summed E-state index contributed by atoms with van der Waals surface area (Å²) in [7, 11) is 1.58. The van der Waals surface area contributed by atoms with Crippen molar-refractivity contribution >= 4 is 17.5 Å². The zero-order chi connectivity index (χ0) is 20.8. The molecule has 1 aliphatic heterocycles. The maximum Gasteiger partial charge on any atom is 0.256 e. The summed E-state index contributed by atoms with van der Waals surface area (Å²) in [6, 6.07) is 15.5. The molecule has 0 bridgehead atoms. The van der Waals surface area contributed by atoms with Crippen LogP contribution in [0.25, 0.3) is 0 Å². The topological polar surface area (TPSA) is 112 Å². The van der Waals surface area contributed by atoms with Crippen molar-refractivity contribution in [1.29, 1.82) is 5.26 Å². The molecule has 150 valence electrons. The number of nitrogens with one attached hydrogen (secondary N) is 1. The summed E-state index contributed by atoms with van der Waals surface area (Å²) in [6.45, 7) is 0.922. The number of aliphatic hydroxyl groups is 1. The Morgan fingerprint density at radius 3 is 2.62 bits per heavy atom. The molecule has 29 heavy (non-hydrogen) atoms. The van der Waals surface area contributed by atoms with Crippen molar-refractivity contribution in [2.24, 2.45) is 0 Å². The molecule has 2 unspecified atom stereocenters. The number of anilines is 1. The number of hydrogen-bond donors (Lipinski definition) is 2.